The van der Waals surface area contributed by atoms with Gasteiger partial charge in [0.05, 0.1) is 24.5 Å². The number of para-hydroxylation sites is 1. The monoisotopic (exact) mass is 331 g/mol. The van der Waals surface area contributed by atoms with Gasteiger partial charge in [-0.1, -0.05) is 24.3 Å². The van der Waals surface area contributed by atoms with Crippen molar-refractivity contribution in [1.82, 2.24) is 19.7 Å². The molecule has 0 atom stereocenters. The minimum Gasteiger partial charge on any atom is -0.481 e. The highest BCUT2D eigenvalue weighted by molar-refractivity contribution is 5.80. The van der Waals surface area contributed by atoms with Crippen LogP contribution in [0.1, 0.15) is 5.56 Å². The Balaban J connectivity index is 1.73. The maximum atomic E-state index is 5.15. The van der Waals surface area contributed by atoms with Gasteiger partial charge < -0.3 is 10.1 Å². The molecule has 0 fully saturated rings. The molecule has 0 aliphatic rings. The Morgan fingerprint density at radius 1 is 1.08 bits per heavy atom. The Morgan fingerprint density at radius 2 is 1.96 bits per heavy atom. The molecule has 2 aromatic heterocycles. The van der Waals surface area contributed by atoms with Crippen molar-refractivity contribution in [2.24, 2.45) is 0 Å². The van der Waals surface area contributed by atoms with Crippen LogP contribution < -0.4 is 10.1 Å². The lowest BCUT2D eigenvalue weighted by Gasteiger charge is -2.11. The average molecular weight is 331 g/mol. The Hall–Kier alpha value is -3.41. The fourth-order valence-corrected chi connectivity index (χ4v) is 2.69. The molecule has 0 spiro atoms. The number of nitrogens with one attached hydrogen (secondary N) is 1. The molecule has 0 saturated carbocycles. The molecule has 4 aromatic rings. The van der Waals surface area contributed by atoms with E-state index in [0.29, 0.717) is 11.8 Å². The third-order valence-electron chi connectivity index (χ3n) is 4.03. The normalized spacial score (nSPS) is 10.8. The maximum absolute atomic E-state index is 5.15. The predicted octanol–water partition coefficient (Wildman–Crippen LogP) is 3.88. The van der Waals surface area contributed by atoms with E-state index < -0.39 is 0 Å². The summed E-state index contributed by atoms with van der Waals surface area (Å²) in [6.45, 7) is 2.04. The number of hydrogen-bond donors (Lipinski definition) is 1. The van der Waals surface area contributed by atoms with E-state index >= 15 is 0 Å². The van der Waals surface area contributed by atoms with Gasteiger partial charge in [-0.15, -0.1) is 0 Å². The van der Waals surface area contributed by atoms with Crippen molar-refractivity contribution in [3.05, 3.63) is 66.5 Å². The zero-order valence-corrected chi connectivity index (χ0v) is 14.0. The third kappa shape index (κ3) is 2.89. The number of benzene rings is 2. The lowest BCUT2D eigenvalue weighted by molar-refractivity contribution is 0.397. The first-order valence-corrected chi connectivity index (χ1v) is 7.92. The molecule has 6 heteroatoms. The van der Waals surface area contributed by atoms with E-state index in [1.54, 1.807) is 19.4 Å². The van der Waals surface area contributed by atoms with Gasteiger partial charge in [0.25, 0.3) is 0 Å². The van der Waals surface area contributed by atoms with Gasteiger partial charge in [0.1, 0.15) is 0 Å². The summed E-state index contributed by atoms with van der Waals surface area (Å²) < 4.78 is 7.07. The molecule has 124 valence electrons. The van der Waals surface area contributed by atoms with Crippen LogP contribution in [-0.4, -0.2) is 26.9 Å². The largest absolute Gasteiger partial charge is 0.481 e. The van der Waals surface area contributed by atoms with Crippen LogP contribution in [0.4, 0.5) is 11.6 Å². The molecule has 25 heavy (non-hydrogen) atoms. The fraction of sp³-hybridized carbons (Fsp3) is 0.105. The lowest BCUT2D eigenvalue weighted by Crippen LogP contribution is -2.02. The summed E-state index contributed by atoms with van der Waals surface area (Å²) in [5.74, 6) is 1.01. The Morgan fingerprint density at radius 3 is 2.84 bits per heavy atom. The van der Waals surface area contributed by atoms with Gasteiger partial charge in [-0.25, -0.2) is 9.67 Å². The summed E-state index contributed by atoms with van der Waals surface area (Å²) in [5.41, 5.74) is 4.05. The summed E-state index contributed by atoms with van der Waals surface area (Å²) in [7, 11) is 1.58. The van der Waals surface area contributed by atoms with Crippen LogP contribution >= 0.6 is 0 Å². The third-order valence-corrected chi connectivity index (χ3v) is 4.03. The SMILES string of the molecule is COc1ccnc(Nc2cc(-n3ncc4ccccc43)ccc2C)n1. The number of aromatic nitrogens is 4. The fourth-order valence-electron chi connectivity index (χ4n) is 2.69. The predicted molar refractivity (Wildman–Crippen MR) is 97.7 cm³/mol. The molecule has 0 bridgehead atoms. The van der Waals surface area contributed by atoms with E-state index in [2.05, 4.69) is 32.5 Å². The van der Waals surface area contributed by atoms with Crippen molar-refractivity contribution >= 4 is 22.5 Å². The molecular formula is C19H17N5O. The van der Waals surface area contributed by atoms with Crippen LogP contribution in [0.2, 0.25) is 0 Å². The Labute approximate surface area is 145 Å². The van der Waals surface area contributed by atoms with Crippen molar-refractivity contribution in [3.8, 4) is 11.6 Å². The van der Waals surface area contributed by atoms with Crippen molar-refractivity contribution in [2.45, 2.75) is 6.92 Å². The molecular weight excluding hydrogens is 314 g/mol. The zero-order valence-electron chi connectivity index (χ0n) is 14.0. The Bertz CT molecular complexity index is 1040. The number of aryl methyl sites for hydroxylation is 1. The second-order valence-corrected chi connectivity index (χ2v) is 5.66. The van der Waals surface area contributed by atoms with Gasteiger partial charge in [0, 0.05) is 23.3 Å². The van der Waals surface area contributed by atoms with Crippen molar-refractivity contribution in [1.29, 1.82) is 0 Å². The summed E-state index contributed by atoms with van der Waals surface area (Å²) in [6.07, 6.45) is 3.53. The first-order valence-electron chi connectivity index (χ1n) is 7.92. The number of rotatable bonds is 4. The number of anilines is 2. The highest BCUT2D eigenvalue weighted by Crippen LogP contribution is 2.25. The zero-order chi connectivity index (χ0) is 17.2. The summed E-state index contributed by atoms with van der Waals surface area (Å²) >= 11 is 0. The van der Waals surface area contributed by atoms with E-state index in [1.165, 1.54) is 0 Å². The molecule has 4 rings (SSSR count). The topological polar surface area (TPSA) is 64.9 Å². The van der Waals surface area contributed by atoms with Gasteiger partial charge in [0.2, 0.25) is 11.8 Å². The minimum atomic E-state index is 0.491. The van der Waals surface area contributed by atoms with E-state index in [4.69, 9.17) is 4.74 Å². The van der Waals surface area contributed by atoms with E-state index in [1.807, 2.05) is 48.1 Å². The summed E-state index contributed by atoms with van der Waals surface area (Å²) in [4.78, 5) is 8.54. The minimum absolute atomic E-state index is 0.491. The molecule has 0 aliphatic carbocycles. The van der Waals surface area contributed by atoms with Crippen LogP contribution in [0.3, 0.4) is 0 Å². The van der Waals surface area contributed by atoms with E-state index in [0.717, 1.165) is 27.8 Å². The van der Waals surface area contributed by atoms with Crippen molar-refractivity contribution < 1.29 is 4.74 Å². The quantitative estimate of drug-likeness (QED) is 0.615. The van der Waals surface area contributed by atoms with Crippen LogP contribution in [-0.2, 0) is 0 Å². The molecule has 0 radical (unpaired) electrons. The van der Waals surface area contributed by atoms with Crippen LogP contribution in [0.15, 0.2) is 60.9 Å². The lowest BCUT2D eigenvalue weighted by atomic mass is 10.1. The second-order valence-electron chi connectivity index (χ2n) is 5.66. The van der Waals surface area contributed by atoms with Gasteiger partial charge in [-0.3, -0.25) is 0 Å². The van der Waals surface area contributed by atoms with E-state index in [-0.39, 0.29) is 0 Å². The van der Waals surface area contributed by atoms with Crippen LogP contribution in [0.5, 0.6) is 5.88 Å². The smallest absolute Gasteiger partial charge is 0.230 e. The van der Waals surface area contributed by atoms with Gasteiger partial charge >= 0.3 is 0 Å². The number of methoxy groups -OCH3 is 1. The standard InChI is InChI=1S/C19H17N5O/c1-13-7-8-15(24-17-6-4-3-5-14(17)12-21-24)11-16(13)22-19-20-10-9-18(23-19)25-2/h3-12H,1-2H3,(H,20,22,23). The molecule has 0 saturated heterocycles. The molecule has 0 amide bonds. The highest BCUT2D eigenvalue weighted by atomic mass is 16.5. The van der Waals surface area contributed by atoms with Gasteiger partial charge in [-0.05, 0) is 30.7 Å². The molecule has 1 N–H and O–H groups in total. The van der Waals surface area contributed by atoms with Crippen molar-refractivity contribution in [3.63, 3.8) is 0 Å². The number of ether oxygens (including phenoxy) is 1. The number of fused-ring (bicyclic) bond motifs is 1. The van der Waals surface area contributed by atoms with Crippen LogP contribution in [0.25, 0.3) is 16.6 Å². The maximum Gasteiger partial charge on any atom is 0.230 e. The molecule has 2 aromatic carbocycles. The molecule has 0 aliphatic heterocycles. The Kier molecular flexibility index (Phi) is 3.78. The van der Waals surface area contributed by atoms with Crippen molar-refractivity contribution in [2.75, 3.05) is 12.4 Å². The van der Waals surface area contributed by atoms with E-state index in [9.17, 15) is 0 Å². The second kappa shape index (κ2) is 6.24. The molecule has 6 nitrogen and oxygen atoms in total. The van der Waals surface area contributed by atoms with Gasteiger partial charge in [0.15, 0.2) is 0 Å². The van der Waals surface area contributed by atoms with Crippen LogP contribution in [0, 0.1) is 6.92 Å². The molecule has 0 unspecified atom stereocenters. The summed E-state index contributed by atoms with van der Waals surface area (Å²) in [5, 5.41) is 8.87. The highest BCUT2D eigenvalue weighted by Gasteiger charge is 2.08. The summed E-state index contributed by atoms with van der Waals surface area (Å²) in [6, 6.07) is 16.0. The van der Waals surface area contributed by atoms with Gasteiger partial charge in [-0.2, -0.15) is 10.1 Å². The average Bonchev–Trinajstić information content (AvgIpc) is 3.08. The number of hydrogen-bond acceptors (Lipinski definition) is 5. The first kappa shape index (κ1) is 15.1. The first-order chi connectivity index (χ1) is 12.2. The molecule has 2 heterocycles. The number of nitrogens with zero attached hydrogens (tertiary/aromatic N) is 4.